The highest BCUT2D eigenvalue weighted by molar-refractivity contribution is 5.46. The Kier molecular flexibility index (Phi) is 4.80. The summed E-state index contributed by atoms with van der Waals surface area (Å²) in [5, 5.41) is 11.0. The molecule has 0 atom stereocenters. The molecular formula is C11H18N8O. The van der Waals surface area contributed by atoms with E-state index in [1.807, 2.05) is 11.6 Å². The summed E-state index contributed by atoms with van der Waals surface area (Å²) in [4.78, 5) is 8.50. The first-order valence-electron chi connectivity index (χ1n) is 6.13. The van der Waals surface area contributed by atoms with Crippen molar-refractivity contribution in [3.63, 3.8) is 0 Å². The molecule has 2 aromatic heterocycles. The number of ether oxygens (including phenoxy) is 1. The number of nitrogens with one attached hydrogen (secondary N) is 2. The molecule has 0 saturated carbocycles. The summed E-state index contributed by atoms with van der Waals surface area (Å²) in [6.07, 6.45) is 2.42. The van der Waals surface area contributed by atoms with Crippen LogP contribution in [0.25, 0.3) is 0 Å². The van der Waals surface area contributed by atoms with E-state index >= 15 is 0 Å². The van der Waals surface area contributed by atoms with Gasteiger partial charge in [-0.2, -0.15) is 0 Å². The maximum atomic E-state index is 5.38. The molecule has 2 aromatic rings. The van der Waals surface area contributed by atoms with Gasteiger partial charge in [0.15, 0.2) is 5.82 Å². The van der Waals surface area contributed by atoms with Gasteiger partial charge in [-0.1, -0.05) is 0 Å². The summed E-state index contributed by atoms with van der Waals surface area (Å²) in [7, 11) is 3.50. The van der Waals surface area contributed by atoms with Crippen molar-refractivity contribution in [2.45, 2.75) is 13.0 Å². The van der Waals surface area contributed by atoms with Crippen molar-refractivity contribution >= 4 is 11.6 Å². The van der Waals surface area contributed by atoms with Crippen molar-refractivity contribution in [1.82, 2.24) is 24.7 Å². The second-order valence-corrected chi connectivity index (χ2v) is 4.17. The molecule has 0 saturated heterocycles. The number of nitrogens with zero attached hydrogens (tertiary/aromatic N) is 5. The van der Waals surface area contributed by atoms with E-state index in [4.69, 9.17) is 10.6 Å². The fraction of sp³-hybridized carbons (Fsp3) is 0.455. The number of hydrogen-bond donors (Lipinski definition) is 3. The third kappa shape index (κ3) is 3.62. The Labute approximate surface area is 116 Å². The number of methoxy groups -OCH3 is 1. The zero-order valence-electron chi connectivity index (χ0n) is 11.5. The summed E-state index contributed by atoms with van der Waals surface area (Å²) in [6, 6.07) is 1.73. The lowest BCUT2D eigenvalue weighted by Crippen LogP contribution is -2.14. The van der Waals surface area contributed by atoms with Crippen molar-refractivity contribution in [2.75, 3.05) is 24.4 Å². The Hall–Kier alpha value is -2.26. The van der Waals surface area contributed by atoms with Crippen molar-refractivity contribution in [3.05, 3.63) is 24.0 Å². The summed E-state index contributed by atoms with van der Waals surface area (Å²) in [6.45, 7) is 1.01. The predicted molar refractivity (Wildman–Crippen MR) is 73.8 cm³/mol. The number of rotatable bonds is 7. The lowest BCUT2D eigenvalue weighted by atomic mass is 10.4. The van der Waals surface area contributed by atoms with Gasteiger partial charge in [-0.25, -0.2) is 15.8 Å². The molecule has 0 aliphatic carbocycles. The highest BCUT2D eigenvalue weighted by Crippen LogP contribution is 2.11. The van der Waals surface area contributed by atoms with E-state index < -0.39 is 0 Å². The smallest absolute Gasteiger partial charge is 0.158 e. The number of nitrogens with two attached hydrogens (primary N) is 1. The van der Waals surface area contributed by atoms with E-state index in [1.54, 1.807) is 19.5 Å². The Morgan fingerprint density at radius 1 is 1.35 bits per heavy atom. The minimum Gasteiger partial charge on any atom is -0.377 e. The molecule has 108 valence electrons. The molecule has 20 heavy (non-hydrogen) atoms. The zero-order valence-corrected chi connectivity index (χ0v) is 11.5. The molecule has 0 bridgehead atoms. The van der Waals surface area contributed by atoms with Crippen LogP contribution in [0.1, 0.15) is 11.6 Å². The predicted octanol–water partition coefficient (Wildman–Crippen LogP) is -0.308. The number of hydrazine groups is 1. The Balaban J connectivity index is 1.97. The quantitative estimate of drug-likeness (QED) is 0.466. The Bertz CT molecular complexity index is 555. The summed E-state index contributed by atoms with van der Waals surface area (Å²) < 4.78 is 6.90. The SMILES string of the molecule is COCc1nc(NN)cc(NCCc2nncn2C)n1. The normalized spacial score (nSPS) is 10.6. The average Bonchev–Trinajstić information content (AvgIpc) is 2.84. The Morgan fingerprint density at radius 2 is 2.15 bits per heavy atom. The third-order valence-corrected chi connectivity index (χ3v) is 2.65. The van der Waals surface area contributed by atoms with Crippen LogP contribution >= 0.6 is 0 Å². The molecule has 9 heteroatoms. The molecule has 2 heterocycles. The Morgan fingerprint density at radius 3 is 2.80 bits per heavy atom. The van der Waals surface area contributed by atoms with Gasteiger partial charge in [0.2, 0.25) is 0 Å². The maximum Gasteiger partial charge on any atom is 0.158 e. The van der Waals surface area contributed by atoms with Gasteiger partial charge in [-0.15, -0.1) is 10.2 Å². The van der Waals surface area contributed by atoms with Gasteiger partial charge >= 0.3 is 0 Å². The molecule has 9 nitrogen and oxygen atoms in total. The van der Waals surface area contributed by atoms with E-state index in [1.165, 1.54) is 0 Å². The van der Waals surface area contributed by atoms with Gasteiger partial charge in [0.1, 0.15) is 30.4 Å². The van der Waals surface area contributed by atoms with Crippen LogP contribution in [-0.4, -0.2) is 38.4 Å². The van der Waals surface area contributed by atoms with Gasteiger partial charge < -0.3 is 20.0 Å². The third-order valence-electron chi connectivity index (χ3n) is 2.65. The zero-order chi connectivity index (χ0) is 14.4. The number of aryl methyl sites for hydroxylation is 1. The van der Waals surface area contributed by atoms with Crippen LogP contribution in [0.4, 0.5) is 11.6 Å². The van der Waals surface area contributed by atoms with E-state index in [0.29, 0.717) is 30.6 Å². The first-order chi connectivity index (χ1) is 9.72. The molecule has 0 unspecified atom stereocenters. The van der Waals surface area contributed by atoms with Crippen molar-refractivity contribution in [2.24, 2.45) is 12.9 Å². The molecule has 0 aromatic carbocycles. The van der Waals surface area contributed by atoms with Crippen LogP contribution in [0.5, 0.6) is 0 Å². The first-order valence-corrected chi connectivity index (χ1v) is 6.13. The summed E-state index contributed by atoms with van der Waals surface area (Å²) in [5.74, 6) is 8.06. The second-order valence-electron chi connectivity index (χ2n) is 4.17. The number of hydrogen-bond acceptors (Lipinski definition) is 8. The van der Waals surface area contributed by atoms with E-state index in [-0.39, 0.29) is 0 Å². The molecule has 0 aliphatic rings. The second kappa shape index (κ2) is 6.78. The highest BCUT2D eigenvalue weighted by Gasteiger charge is 2.05. The molecular weight excluding hydrogens is 260 g/mol. The van der Waals surface area contributed by atoms with Crippen molar-refractivity contribution < 1.29 is 4.74 Å². The standard InChI is InChI=1S/C11H18N8O/c1-19-7-14-18-11(19)3-4-13-8-5-9(17-12)16-10(15-8)6-20-2/h5,7H,3-4,6,12H2,1-2H3,(H2,13,15,16,17). The van der Waals surface area contributed by atoms with E-state index in [2.05, 4.69) is 30.9 Å². The number of aromatic nitrogens is 5. The molecule has 2 rings (SSSR count). The summed E-state index contributed by atoms with van der Waals surface area (Å²) in [5.41, 5.74) is 2.51. The highest BCUT2D eigenvalue weighted by atomic mass is 16.5. The van der Waals surface area contributed by atoms with Crippen LogP contribution < -0.4 is 16.6 Å². The van der Waals surface area contributed by atoms with Gasteiger partial charge in [0.25, 0.3) is 0 Å². The van der Waals surface area contributed by atoms with Crippen LogP contribution in [0, 0.1) is 0 Å². The lowest BCUT2D eigenvalue weighted by Gasteiger charge is -2.09. The molecule has 0 amide bonds. The number of anilines is 2. The minimum absolute atomic E-state index is 0.327. The maximum absolute atomic E-state index is 5.38. The molecule has 0 radical (unpaired) electrons. The topological polar surface area (TPSA) is 116 Å². The minimum atomic E-state index is 0.327. The van der Waals surface area contributed by atoms with Crippen LogP contribution in [-0.2, 0) is 24.8 Å². The van der Waals surface area contributed by atoms with Crippen LogP contribution in [0.15, 0.2) is 12.4 Å². The fourth-order valence-corrected chi connectivity index (χ4v) is 1.69. The van der Waals surface area contributed by atoms with E-state index in [9.17, 15) is 0 Å². The van der Waals surface area contributed by atoms with Gasteiger partial charge in [-0.05, 0) is 0 Å². The average molecular weight is 278 g/mol. The van der Waals surface area contributed by atoms with Gasteiger partial charge in [0.05, 0.1) is 0 Å². The number of nitrogen functional groups attached to an aromatic ring is 1. The van der Waals surface area contributed by atoms with Crippen molar-refractivity contribution in [1.29, 1.82) is 0 Å². The lowest BCUT2D eigenvalue weighted by molar-refractivity contribution is 0.178. The monoisotopic (exact) mass is 278 g/mol. The van der Waals surface area contributed by atoms with Crippen molar-refractivity contribution in [3.8, 4) is 0 Å². The summed E-state index contributed by atoms with van der Waals surface area (Å²) >= 11 is 0. The van der Waals surface area contributed by atoms with Crippen LogP contribution in [0.3, 0.4) is 0 Å². The largest absolute Gasteiger partial charge is 0.377 e. The molecule has 0 fully saturated rings. The van der Waals surface area contributed by atoms with Gasteiger partial charge in [0, 0.05) is 33.2 Å². The van der Waals surface area contributed by atoms with Gasteiger partial charge in [-0.3, -0.25) is 0 Å². The molecule has 0 spiro atoms. The fourth-order valence-electron chi connectivity index (χ4n) is 1.69. The van der Waals surface area contributed by atoms with Crippen LogP contribution in [0.2, 0.25) is 0 Å². The first kappa shape index (κ1) is 14.2. The molecule has 0 aliphatic heterocycles. The van der Waals surface area contributed by atoms with E-state index in [0.717, 1.165) is 12.2 Å². The molecule has 4 N–H and O–H groups in total.